The SMILES string of the molecule is CCCC(CCC)C(Cl)c1ccc(C(C)C)cc1C(C)C. The number of hydrogen-bond donors (Lipinski definition) is 0. The van der Waals surface area contributed by atoms with Crippen molar-refractivity contribution in [2.24, 2.45) is 5.92 Å². The van der Waals surface area contributed by atoms with Crippen molar-refractivity contribution in [3.63, 3.8) is 0 Å². The average Bonchev–Trinajstić information content (AvgIpc) is 2.45. The third-order valence-electron chi connectivity index (χ3n) is 4.43. The molecule has 1 atom stereocenters. The number of alkyl halides is 1. The van der Waals surface area contributed by atoms with E-state index in [4.69, 9.17) is 11.6 Å². The minimum atomic E-state index is 0.156. The van der Waals surface area contributed by atoms with Crippen LogP contribution in [0.15, 0.2) is 18.2 Å². The molecule has 0 saturated heterocycles. The third kappa shape index (κ3) is 5.02. The lowest BCUT2D eigenvalue weighted by molar-refractivity contribution is 0.424. The van der Waals surface area contributed by atoms with E-state index in [1.54, 1.807) is 0 Å². The molecular formula is C20H33Cl. The maximum atomic E-state index is 6.91. The molecule has 0 radical (unpaired) electrons. The zero-order chi connectivity index (χ0) is 16.0. The molecule has 1 aromatic rings. The first-order valence-corrected chi connectivity index (χ1v) is 9.13. The van der Waals surface area contributed by atoms with Gasteiger partial charge < -0.3 is 0 Å². The van der Waals surface area contributed by atoms with Gasteiger partial charge in [0.15, 0.2) is 0 Å². The normalized spacial score (nSPS) is 13.4. The summed E-state index contributed by atoms with van der Waals surface area (Å²) in [4.78, 5) is 0. The third-order valence-corrected chi connectivity index (χ3v) is 5.02. The van der Waals surface area contributed by atoms with Gasteiger partial charge in [0, 0.05) is 0 Å². The smallest absolute Gasteiger partial charge is 0.0616 e. The molecule has 0 heterocycles. The van der Waals surface area contributed by atoms with Crippen molar-refractivity contribution in [3.8, 4) is 0 Å². The Labute approximate surface area is 137 Å². The number of rotatable bonds is 8. The molecule has 0 saturated carbocycles. The van der Waals surface area contributed by atoms with Gasteiger partial charge in [0.2, 0.25) is 0 Å². The molecule has 1 heteroatoms. The molecule has 1 unspecified atom stereocenters. The van der Waals surface area contributed by atoms with Gasteiger partial charge in [-0.1, -0.05) is 72.6 Å². The topological polar surface area (TPSA) is 0 Å². The molecule has 0 aliphatic rings. The van der Waals surface area contributed by atoms with Gasteiger partial charge >= 0.3 is 0 Å². The minimum Gasteiger partial charge on any atom is -0.118 e. The van der Waals surface area contributed by atoms with Crippen LogP contribution in [0, 0.1) is 5.92 Å². The quantitative estimate of drug-likeness (QED) is 0.438. The highest BCUT2D eigenvalue weighted by atomic mass is 35.5. The summed E-state index contributed by atoms with van der Waals surface area (Å²) in [5.41, 5.74) is 4.23. The molecule has 0 amide bonds. The maximum Gasteiger partial charge on any atom is 0.0616 e. The molecule has 21 heavy (non-hydrogen) atoms. The highest BCUT2D eigenvalue weighted by Crippen LogP contribution is 2.39. The van der Waals surface area contributed by atoms with Crippen molar-refractivity contribution >= 4 is 11.6 Å². The summed E-state index contributed by atoms with van der Waals surface area (Å²) < 4.78 is 0. The van der Waals surface area contributed by atoms with Crippen LogP contribution in [0.1, 0.15) is 101 Å². The molecule has 0 N–H and O–H groups in total. The molecule has 0 fully saturated rings. The van der Waals surface area contributed by atoms with Gasteiger partial charge in [0.1, 0.15) is 0 Å². The van der Waals surface area contributed by atoms with Gasteiger partial charge in [-0.3, -0.25) is 0 Å². The van der Waals surface area contributed by atoms with E-state index in [9.17, 15) is 0 Å². The Bertz CT molecular complexity index is 414. The van der Waals surface area contributed by atoms with Crippen molar-refractivity contribution in [2.75, 3.05) is 0 Å². The number of halogens is 1. The van der Waals surface area contributed by atoms with Crippen LogP contribution < -0.4 is 0 Å². The van der Waals surface area contributed by atoms with Gasteiger partial charge in [0.05, 0.1) is 5.38 Å². The molecule has 0 aromatic heterocycles. The highest BCUT2D eigenvalue weighted by molar-refractivity contribution is 6.21. The Balaban J connectivity index is 3.14. The lowest BCUT2D eigenvalue weighted by atomic mass is 9.84. The number of hydrogen-bond acceptors (Lipinski definition) is 0. The first-order chi connectivity index (χ1) is 9.92. The zero-order valence-electron chi connectivity index (χ0n) is 14.7. The van der Waals surface area contributed by atoms with Crippen LogP contribution in [-0.4, -0.2) is 0 Å². The van der Waals surface area contributed by atoms with Crippen molar-refractivity contribution in [1.82, 2.24) is 0 Å². The van der Waals surface area contributed by atoms with Crippen molar-refractivity contribution in [2.45, 2.75) is 84.4 Å². The molecular weight excluding hydrogens is 276 g/mol. The Kier molecular flexibility index (Phi) is 7.81. The Morgan fingerprint density at radius 3 is 1.86 bits per heavy atom. The van der Waals surface area contributed by atoms with E-state index < -0.39 is 0 Å². The van der Waals surface area contributed by atoms with Crippen LogP contribution in [0.4, 0.5) is 0 Å². The summed E-state index contributed by atoms with van der Waals surface area (Å²) in [6.45, 7) is 13.6. The van der Waals surface area contributed by atoms with Crippen LogP contribution in [-0.2, 0) is 0 Å². The van der Waals surface area contributed by atoms with Gasteiger partial charge in [-0.05, 0) is 47.3 Å². The maximum absolute atomic E-state index is 6.91. The molecule has 0 spiro atoms. The first kappa shape index (κ1) is 18.6. The summed E-state index contributed by atoms with van der Waals surface area (Å²) in [6, 6.07) is 6.95. The lowest BCUT2D eigenvalue weighted by Crippen LogP contribution is -2.11. The monoisotopic (exact) mass is 308 g/mol. The molecule has 0 aliphatic heterocycles. The second-order valence-corrected chi connectivity index (χ2v) is 7.41. The summed E-state index contributed by atoms with van der Waals surface area (Å²) in [5, 5.41) is 0.156. The Morgan fingerprint density at radius 1 is 0.857 bits per heavy atom. The fourth-order valence-electron chi connectivity index (χ4n) is 3.14. The molecule has 1 aromatic carbocycles. The van der Waals surface area contributed by atoms with Gasteiger partial charge in [0.25, 0.3) is 0 Å². The highest BCUT2D eigenvalue weighted by Gasteiger charge is 2.23. The summed E-state index contributed by atoms with van der Waals surface area (Å²) >= 11 is 6.91. The van der Waals surface area contributed by atoms with E-state index in [-0.39, 0.29) is 5.38 Å². The van der Waals surface area contributed by atoms with E-state index in [1.807, 2.05) is 0 Å². The second kappa shape index (κ2) is 8.83. The Morgan fingerprint density at radius 2 is 1.43 bits per heavy atom. The summed E-state index contributed by atoms with van der Waals surface area (Å²) in [5.74, 6) is 1.71. The van der Waals surface area contributed by atoms with Crippen molar-refractivity contribution < 1.29 is 0 Å². The predicted molar refractivity (Wildman–Crippen MR) is 96.5 cm³/mol. The van der Waals surface area contributed by atoms with Gasteiger partial charge in [-0.15, -0.1) is 11.6 Å². The van der Waals surface area contributed by atoms with E-state index in [0.29, 0.717) is 17.8 Å². The van der Waals surface area contributed by atoms with Crippen molar-refractivity contribution in [3.05, 3.63) is 34.9 Å². The molecule has 0 bridgehead atoms. The summed E-state index contributed by atoms with van der Waals surface area (Å²) in [7, 11) is 0. The second-order valence-electron chi connectivity index (χ2n) is 6.94. The van der Waals surface area contributed by atoms with E-state index in [1.165, 1.54) is 42.4 Å². The van der Waals surface area contributed by atoms with Gasteiger partial charge in [-0.2, -0.15) is 0 Å². The molecule has 0 aliphatic carbocycles. The fraction of sp³-hybridized carbons (Fsp3) is 0.700. The van der Waals surface area contributed by atoms with Crippen molar-refractivity contribution in [1.29, 1.82) is 0 Å². The van der Waals surface area contributed by atoms with Crippen LogP contribution >= 0.6 is 11.6 Å². The number of benzene rings is 1. The van der Waals surface area contributed by atoms with E-state index in [0.717, 1.165) is 0 Å². The minimum absolute atomic E-state index is 0.156. The molecule has 120 valence electrons. The van der Waals surface area contributed by atoms with Crippen LogP contribution in [0.2, 0.25) is 0 Å². The largest absolute Gasteiger partial charge is 0.118 e. The zero-order valence-corrected chi connectivity index (χ0v) is 15.5. The lowest BCUT2D eigenvalue weighted by Gasteiger charge is -2.26. The standard InChI is InChI=1S/C20H33Cl/c1-7-9-16(10-8-2)20(21)18-12-11-17(14(3)4)13-19(18)15(5)6/h11-16,20H,7-10H2,1-6H3. The first-order valence-electron chi connectivity index (χ1n) is 8.70. The summed E-state index contributed by atoms with van der Waals surface area (Å²) in [6.07, 6.45) is 4.89. The fourth-order valence-corrected chi connectivity index (χ4v) is 3.59. The van der Waals surface area contributed by atoms with Gasteiger partial charge in [-0.25, -0.2) is 0 Å². The van der Waals surface area contributed by atoms with Crippen LogP contribution in [0.25, 0.3) is 0 Å². The van der Waals surface area contributed by atoms with E-state index >= 15 is 0 Å². The van der Waals surface area contributed by atoms with E-state index in [2.05, 4.69) is 59.7 Å². The van der Waals surface area contributed by atoms with Crippen LogP contribution in [0.5, 0.6) is 0 Å². The molecule has 1 rings (SSSR count). The molecule has 0 nitrogen and oxygen atoms in total. The van der Waals surface area contributed by atoms with Crippen LogP contribution in [0.3, 0.4) is 0 Å². The Hall–Kier alpha value is -0.490. The average molecular weight is 309 g/mol. The predicted octanol–water partition coefficient (Wildman–Crippen LogP) is 7.43.